The van der Waals surface area contributed by atoms with Crippen molar-refractivity contribution >= 4 is 17.2 Å². The Morgan fingerprint density at radius 3 is 0.723 bits per heavy atom. The lowest BCUT2D eigenvalue weighted by Crippen LogP contribution is -2.13. The van der Waals surface area contributed by atoms with Gasteiger partial charge in [0.1, 0.15) is 18.0 Å². The van der Waals surface area contributed by atoms with Crippen molar-refractivity contribution < 1.29 is 0 Å². The van der Waals surface area contributed by atoms with Crippen molar-refractivity contribution in [2.24, 2.45) is 0 Å². The molecule has 0 fully saturated rings. The topological polar surface area (TPSA) is 63.7 Å². The van der Waals surface area contributed by atoms with Crippen LogP contribution in [0.2, 0.25) is 0 Å². The van der Waals surface area contributed by atoms with Crippen molar-refractivity contribution in [3.63, 3.8) is 0 Å². The smallest absolute Gasteiger partial charge is 0.138 e. The Morgan fingerprint density at radius 1 is 0.229 bits per heavy atom. The summed E-state index contributed by atoms with van der Waals surface area (Å²) in [5.41, 5.74) is 20.1. The molecule has 12 aromatic carbocycles. The van der Waals surface area contributed by atoms with E-state index >= 15 is 0 Å². The average molecular weight is 1060 g/mol. The van der Waals surface area contributed by atoms with Gasteiger partial charge in [-0.1, -0.05) is 279 Å². The molecule has 83 heavy (non-hydrogen) atoms. The number of aromatic nitrogens is 1. The van der Waals surface area contributed by atoms with Gasteiger partial charge in [0.2, 0.25) is 0 Å². The summed E-state index contributed by atoms with van der Waals surface area (Å²) in [5, 5.41) is 24.7. The van der Waals surface area contributed by atoms with E-state index in [-0.39, 0.29) is 0 Å². The zero-order chi connectivity index (χ0) is 55.9. The summed E-state index contributed by atoms with van der Waals surface area (Å²) >= 11 is 0. The molecule has 0 aliphatic heterocycles. The van der Waals surface area contributed by atoms with Crippen LogP contribution in [0.25, 0.3) is 111 Å². The van der Waals surface area contributed by atoms with Gasteiger partial charge in [-0.3, -0.25) is 4.90 Å². The summed E-state index contributed by atoms with van der Waals surface area (Å²) in [6, 6.07) is 114. The highest BCUT2D eigenvalue weighted by Gasteiger charge is 2.33. The molecule has 0 atom stereocenters. The zero-order valence-electron chi connectivity index (χ0n) is 45.3. The maximum absolute atomic E-state index is 12.4. The van der Waals surface area contributed by atoms with E-state index < -0.39 is 0 Å². The standard InChI is InChI=1S/C79H52N4/c80-53-66-70(55-31-11-1-12-32-55)73(57-35-15-3-16-36-57)76(60-41-21-6-22-42-60)75(59-39-19-5-20-40-59)72(66)63-51-68(82-69(52-63)83(64-47-27-9-28-48-64)65-49-29-10-30-50-65)79-67(54-81)71(56-33-13-2-14-34-56)74(58-37-17-4-18-38-58)77(61-43-23-7-24-44-61)78(79)62-45-25-8-26-46-62/h1-52H. The zero-order valence-corrected chi connectivity index (χ0v) is 45.3. The van der Waals surface area contributed by atoms with E-state index in [1.807, 2.05) is 109 Å². The van der Waals surface area contributed by atoms with Crippen LogP contribution in [-0.2, 0) is 0 Å². The molecule has 1 heterocycles. The van der Waals surface area contributed by atoms with Crippen LogP contribution in [0.1, 0.15) is 11.1 Å². The number of nitrogens with zero attached hydrogens (tertiary/aromatic N) is 4. The molecule has 0 unspecified atom stereocenters. The van der Waals surface area contributed by atoms with Gasteiger partial charge >= 0.3 is 0 Å². The summed E-state index contributed by atoms with van der Waals surface area (Å²) in [7, 11) is 0. The largest absolute Gasteiger partial charge is 0.295 e. The SMILES string of the molecule is N#Cc1c(-c2ccccc2)c(-c2ccccc2)c(-c2ccccc2)c(-c2ccccc2)c1-c1cc(-c2c(C#N)c(-c3ccccc3)c(-c3ccccc3)c(-c3ccccc3)c2-c2ccccc2)nc(N(c2ccccc2)c2ccccc2)c1. The Hall–Kier alpha value is -11.4. The molecule has 0 saturated carbocycles. The highest BCUT2D eigenvalue weighted by Crippen LogP contribution is 2.56. The molecule has 0 aliphatic rings. The first-order valence-electron chi connectivity index (χ1n) is 27.8. The summed E-state index contributed by atoms with van der Waals surface area (Å²) in [4.78, 5) is 8.10. The maximum Gasteiger partial charge on any atom is 0.138 e. The van der Waals surface area contributed by atoms with Gasteiger partial charge in [-0.2, -0.15) is 10.5 Å². The Balaban J connectivity index is 1.29. The minimum atomic E-state index is 0.466. The second kappa shape index (κ2) is 23.1. The molecule has 0 saturated heterocycles. The van der Waals surface area contributed by atoms with Gasteiger partial charge in [0.15, 0.2) is 0 Å². The van der Waals surface area contributed by atoms with Crippen molar-refractivity contribution in [3.8, 4) is 124 Å². The number of benzene rings is 12. The van der Waals surface area contributed by atoms with Crippen molar-refractivity contribution in [1.29, 1.82) is 10.5 Å². The third-order valence-electron chi connectivity index (χ3n) is 15.3. The van der Waals surface area contributed by atoms with Crippen LogP contribution in [0.3, 0.4) is 0 Å². The number of para-hydroxylation sites is 2. The van der Waals surface area contributed by atoms with E-state index in [1.54, 1.807) is 0 Å². The second-order valence-corrected chi connectivity index (χ2v) is 20.3. The normalized spacial score (nSPS) is 10.9. The van der Waals surface area contributed by atoms with Gasteiger partial charge in [-0.25, -0.2) is 4.98 Å². The Bertz CT molecular complexity index is 4200. The Kier molecular flexibility index (Phi) is 14.2. The van der Waals surface area contributed by atoms with Crippen molar-refractivity contribution in [3.05, 3.63) is 327 Å². The molecule has 388 valence electrons. The van der Waals surface area contributed by atoms with Gasteiger partial charge in [0.25, 0.3) is 0 Å². The van der Waals surface area contributed by atoms with E-state index in [0.717, 1.165) is 112 Å². The van der Waals surface area contributed by atoms with Crippen molar-refractivity contribution in [2.75, 3.05) is 4.90 Å². The van der Waals surface area contributed by atoms with E-state index in [2.05, 4.69) is 223 Å². The Morgan fingerprint density at radius 2 is 0.446 bits per heavy atom. The van der Waals surface area contributed by atoms with Crippen molar-refractivity contribution in [1.82, 2.24) is 4.98 Å². The fraction of sp³-hybridized carbons (Fsp3) is 0. The fourth-order valence-electron chi connectivity index (χ4n) is 11.9. The molecule has 4 heteroatoms. The molecular weight excluding hydrogens is 1000 g/mol. The number of anilines is 3. The van der Waals surface area contributed by atoms with Crippen LogP contribution in [0.5, 0.6) is 0 Å². The predicted molar refractivity (Wildman–Crippen MR) is 343 cm³/mol. The number of hydrogen-bond acceptors (Lipinski definition) is 4. The van der Waals surface area contributed by atoms with E-state index in [4.69, 9.17) is 4.98 Å². The molecule has 4 nitrogen and oxygen atoms in total. The highest BCUT2D eigenvalue weighted by atomic mass is 15.2. The van der Waals surface area contributed by atoms with E-state index in [0.29, 0.717) is 28.2 Å². The molecule has 0 bridgehead atoms. The van der Waals surface area contributed by atoms with E-state index in [1.165, 1.54) is 0 Å². The number of nitriles is 2. The molecule has 0 aliphatic carbocycles. The summed E-state index contributed by atoms with van der Waals surface area (Å²) < 4.78 is 0. The molecule has 0 spiro atoms. The minimum Gasteiger partial charge on any atom is -0.295 e. The molecular formula is C79H52N4. The summed E-state index contributed by atoms with van der Waals surface area (Å²) in [6.45, 7) is 0. The van der Waals surface area contributed by atoms with Gasteiger partial charge in [-0.05, 0) is 114 Å². The summed E-state index contributed by atoms with van der Waals surface area (Å²) in [5.74, 6) is 0.588. The molecule has 0 N–H and O–H groups in total. The van der Waals surface area contributed by atoms with Gasteiger partial charge in [0.05, 0.1) is 16.8 Å². The number of hydrogen-bond donors (Lipinski definition) is 0. The third kappa shape index (κ3) is 9.74. The lowest BCUT2D eigenvalue weighted by atomic mass is 9.75. The van der Waals surface area contributed by atoms with Crippen LogP contribution in [0.4, 0.5) is 17.2 Å². The first-order valence-corrected chi connectivity index (χ1v) is 27.8. The van der Waals surface area contributed by atoms with Crippen LogP contribution in [-0.4, -0.2) is 4.98 Å². The van der Waals surface area contributed by atoms with Crippen LogP contribution >= 0.6 is 0 Å². The monoisotopic (exact) mass is 1060 g/mol. The lowest BCUT2D eigenvalue weighted by Gasteiger charge is -2.29. The number of pyridine rings is 1. The Labute approximate surface area is 485 Å². The summed E-state index contributed by atoms with van der Waals surface area (Å²) in [6.07, 6.45) is 0. The van der Waals surface area contributed by atoms with Crippen molar-refractivity contribution in [2.45, 2.75) is 0 Å². The minimum absolute atomic E-state index is 0.466. The third-order valence-corrected chi connectivity index (χ3v) is 15.3. The lowest BCUT2D eigenvalue weighted by molar-refractivity contribution is 1.18. The van der Waals surface area contributed by atoms with Gasteiger partial charge in [-0.15, -0.1) is 0 Å². The molecule has 13 aromatic rings. The first kappa shape index (κ1) is 51.0. The highest BCUT2D eigenvalue weighted by molar-refractivity contribution is 6.13. The maximum atomic E-state index is 12.4. The first-order chi connectivity index (χ1) is 41.2. The van der Waals surface area contributed by atoms with Crippen LogP contribution < -0.4 is 4.90 Å². The molecule has 0 radical (unpaired) electrons. The van der Waals surface area contributed by atoms with Crippen LogP contribution in [0, 0.1) is 22.7 Å². The molecule has 13 rings (SSSR count). The van der Waals surface area contributed by atoms with Gasteiger partial charge in [0, 0.05) is 39.2 Å². The van der Waals surface area contributed by atoms with E-state index in [9.17, 15) is 10.5 Å². The predicted octanol–water partition coefficient (Wildman–Crippen LogP) is 21.0. The fourth-order valence-corrected chi connectivity index (χ4v) is 11.9. The number of rotatable bonds is 13. The average Bonchev–Trinajstić information content (AvgIpc) is 3.72. The quantitative estimate of drug-likeness (QED) is 0.115. The van der Waals surface area contributed by atoms with Crippen LogP contribution in [0.15, 0.2) is 315 Å². The second-order valence-electron chi connectivity index (χ2n) is 20.3. The molecule has 1 aromatic heterocycles. The molecule has 0 amide bonds. The van der Waals surface area contributed by atoms with Gasteiger partial charge < -0.3 is 0 Å².